The Morgan fingerprint density at radius 3 is 2.50 bits per heavy atom. The third-order valence-corrected chi connectivity index (χ3v) is 3.52. The molecule has 0 saturated heterocycles. The van der Waals surface area contributed by atoms with Crippen molar-refractivity contribution in [1.29, 1.82) is 0 Å². The number of hydrogen-bond acceptors (Lipinski definition) is 6. The average molecular weight is 284 g/mol. The molecule has 2 aromatic rings. The molecule has 0 spiro atoms. The zero-order valence-corrected chi connectivity index (χ0v) is 11.7. The number of rotatable bonds is 3. The van der Waals surface area contributed by atoms with Crippen LogP contribution in [0.5, 0.6) is 0 Å². The molecule has 0 N–H and O–H groups in total. The van der Waals surface area contributed by atoms with Crippen molar-refractivity contribution in [1.82, 2.24) is 9.97 Å². The SMILES string of the molecule is CS(=O)(=O)c1cncc(-c2ccnc(C(=O)[O-])c2)c1.[Li+]. The summed E-state index contributed by atoms with van der Waals surface area (Å²) in [6.07, 6.45) is 5.07. The monoisotopic (exact) mass is 284 g/mol. The average Bonchev–Trinajstić information content (AvgIpc) is 2.38. The number of carbonyl (C=O) groups excluding carboxylic acids is 1. The van der Waals surface area contributed by atoms with Gasteiger partial charge in [-0.05, 0) is 23.8 Å². The van der Waals surface area contributed by atoms with E-state index in [-0.39, 0.29) is 29.5 Å². The Balaban J connectivity index is 0.00000200. The third kappa shape index (κ3) is 3.67. The number of carboxylic acids is 1. The molecule has 98 valence electrons. The fourth-order valence-corrected chi connectivity index (χ4v) is 2.09. The maximum atomic E-state index is 11.4. The van der Waals surface area contributed by atoms with Gasteiger partial charge >= 0.3 is 18.9 Å². The summed E-state index contributed by atoms with van der Waals surface area (Å²) < 4.78 is 22.9. The van der Waals surface area contributed by atoms with Crippen LogP contribution >= 0.6 is 0 Å². The van der Waals surface area contributed by atoms with E-state index < -0.39 is 15.8 Å². The van der Waals surface area contributed by atoms with E-state index in [0.717, 1.165) is 6.26 Å². The molecule has 2 aromatic heterocycles. The molecule has 0 amide bonds. The van der Waals surface area contributed by atoms with Crippen LogP contribution in [0.25, 0.3) is 11.1 Å². The molecule has 0 aromatic carbocycles. The number of aromatic carboxylic acids is 1. The zero-order chi connectivity index (χ0) is 14.0. The Bertz CT molecular complexity index is 747. The summed E-state index contributed by atoms with van der Waals surface area (Å²) >= 11 is 0. The summed E-state index contributed by atoms with van der Waals surface area (Å²) in [5.74, 6) is -1.39. The van der Waals surface area contributed by atoms with Crippen LogP contribution < -0.4 is 24.0 Å². The van der Waals surface area contributed by atoms with Crippen LogP contribution in [0.3, 0.4) is 0 Å². The van der Waals surface area contributed by atoms with Crippen LogP contribution in [0.1, 0.15) is 10.5 Å². The quantitative estimate of drug-likeness (QED) is 0.554. The summed E-state index contributed by atoms with van der Waals surface area (Å²) in [5.41, 5.74) is 0.780. The van der Waals surface area contributed by atoms with Gasteiger partial charge < -0.3 is 9.90 Å². The third-order valence-electron chi connectivity index (χ3n) is 2.44. The smallest absolute Gasteiger partial charge is 0.543 e. The standard InChI is InChI=1S/C12H10N2O4S.Li/c1-19(17,18)10-4-9(6-13-7-10)8-2-3-14-11(5-8)12(15)16;/h2-7H,1H3,(H,15,16);/q;+1/p-1. The molecule has 8 heteroatoms. The predicted molar refractivity (Wildman–Crippen MR) is 64.9 cm³/mol. The van der Waals surface area contributed by atoms with E-state index in [2.05, 4.69) is 9.97 Å². The van der Waals surface area contributed by atoms with Crippen LogP contribution in [0.15, 0.2) is 41.7 Å². The number of aromatic nitrogens is 2. The zero-order valence-electron chi connectivity index (χ0n) is 10.9. The van der Waals surface area contributed by atoms with Gasteiger partial charge in [0.1, 0.15) is 0 Å². The van der Waals surface area contributed by atoms with Gasteiger partial charge in [-0.1, -0.05) is 0 Å². The second-order valence-electron chi connectivity index (χ2n) is 3.90. The Hall–Kier alpha value is -1.68. The molecule has 0 aliphatic carbocycles. The number of sulfone groups is 1. The number of carbonyl (C=O) groups is 1. The van der Waals surface area contributed by atoms with Gasteiger partial charge in [0.15, 0.2) is 9.84 Å². The molecule has 0 atom stereocenters. The Morgan fingerprint density at radius 1 is 1.20 bits per heavy atom. The maximum absolute atomic E-state index is 11.4. The second-order valence-corrected chi connectivity index (χ2v) is 5.91. The topological polar surface area (TPSA) is 100 Å². The van der Waals surface area contributed by atoms with Gasteiger partial charge in [-0.3, -0.25) is 9.97 Å². The van der Waals surface area contributed by atoms with Crippen LogP contribution in [0.4, 0.5) is 0 Å². The van der Waals surface area contributed by atoms with Crippen LogP contribution in [0.2, 0.25) is 0 Å². The van der Waals surface area contributed by atoms with Crippen LogP contribution in [-0.2, 0) is 9.84 Å². The summed E-state index contributed by atoms with van der Waals surface area (Å²) in [7, 11) is -3.37. The Kier molecular flexibility index (Phi) is 5.06. The molecule has 2 rings (SSSR count). The molecule has 0 aliphatic heterocycles. The van der Waals surface area contributed by atoms with Crippen molar-refractivity contribution < 1.29 is 37.2 Å². The second kappa shape index (κ2) is 6.18. The molecule has 0 unspecified atom stereocenters. The molecular weight excluding hydrogens is 275 g/mol. The molecular formula is C12H9LiN2O4S. The molecule has 0 saturated carbocycles. The van der Waals surface area contributed by atoms with Crippen LogP contribution in [0, 0.1) is 0 Å². The van der Waals surface area contributed by atoms with Crippen molar-refractivity contribution in [3.8, 4) is 11.1 Å². The molecule has 20 heavy (non-hydrogen) atoms. The fraction of sp³-hybridized carbons (Fsp3) is 0.0833. The maximum Gasteiger partial charge on any atom is 1.00 e. The van der Waals surface area contributed by atoms with Gasteiger partial charge in [-0.15, -0.1) is 0 Å². The van der Waals surface area contributed by atoms with Crippen molar-refractivity contribution in [3.63, 3.8) is 0 Å². The predicted octanol–water partition coefficient (Wildman–Crippen LogP) is -3.09. The van der Waals surface area contributed by atoms with E-state index >= 15 is 0 Å². The van der Waals surface area contributed by atoms with Gasteiger partial charge in [-0.2, -0.15) is 0 Å². The first kappa shape index (κ1) is 16.4. The van der Waals surface area contributed by atoms with E-state index in [4.69, 9.17) is 0 Å². The first-order valence-corrected chi connectivity index (χ1v) is 7.10. The molecule has 0 bridgehead atoms. The van der Waals surface area contributed by atoms with E-state index in [0.29, 0.717) is 11.1 Å². The fourth-order valence-electron chi connectivity index (χ4n) is 1.50. The normalized spacial score (nSPS) is 10.7. The molecule has 0 radical (unpaired) electrons. The molecule has 2 heterocycles. The van der Waals surface area contributed by atoms with Gasteiger partial charge in [0, 0.05) is 30.4 Å². The van der Waals surface area contributed by atoms with E-state index in [1.54, 1.807) is 6.07 Å². The first-order chi connectivity index (χ1) is 8.88. The number of carboxylic acid groups (broad SMARTS) is 1. The van der Waals surface area contributed by atoms with Crippen molar-refractivity contribution >= 4 is 15.8 Å². The minimum atomic E-state index is -3.37. The van der Waals surface area contributed by atoms with Gasteiger partial charge in [0.05, 0.1) is 16.6 Å². The summed E-state index contributed by atoms with van der Waals surface area (Å²) in [6, 6.07) is 4.30. The number of pyridine rings is 2. The number of nitrogens with zero attached hydrogens (tertiary/aromatic N) is 2. The Labute approximate surface area is 128 Å². The van der Waals surface area contributed by atoms with Crippen molar-refractivity contribution in [2.24, 2.45) is 0 Å². The van der Waals surface area contributed by atoms with E-state index in [9.17, 15) is 18.3 Å². The summed E-state index contributed by atoms with van der Waals surface area (Å²) in [6.45, 7) is 0. The number of hydrogen-bond donors (Lipinski definition) is 0. The molecule has 6 nitrogen and oxygen atoms in total. The van der Waals surface area contributed by atoms with Crippen molar-refractivity contribution in [3.05, 3.63) is 42.5 Å². The molecule has 0 fully saturated rings. The van der Waals surface area contributed by atoms with Gasteiger partial charge in [0.2, 0.25) is 0 Å². The Morgan fingerprint density at radius 2 is 1.90 bits per heavy atom. The van der Waals surface area contributed by atoms with Crippen LogP contribution in [-0.4, -0.2) is 30.6 Å². The van der Waals surface area contributed by atoms with Gasteiger partial charge in [0.25, 0.3) is 0 Å². The minimum absolute atomic E-state index is 0. The minimum Gasteiger partial charge on any atom is -0.543 e. The van der Waals surface area contributed by atoms with E-state index in [1.165, 1.54) is 30.7 Å². The summed E-state index contributed by atoms with van der Waals surface area (Å²) in [5, 5.41) is 10.7. The van der Waals surface area contributed by atoms with Gasteiger partial charge in [-0.25, -0.2) is 8.42 Å². The first-order valence-electron chi connectivity index (χ1n) is 5.21. The largest absolute Gasteiger partial charge is 1.00 e. The molecule has 0 aliphatic rings. The summed E-state index contributed by atoms with van der Waals surface area (Å²) in [4.78, 5) is 18.3. The van der Waals surface area contributed by atoms with E-state index in [1.807, 2.05) is 0 Å². The van der Waals surface area contributed by atoms with Crippen molar-refractivity contribution in [2.75, 3.05) is 6.26 Å². The van der Waals surface area contributed by atoms with Crippen molar-refractivity contribution in [2.45, 2.75) is 4.90 Å².